The molecule has 1 nitrogen and oxygen atoms in total. The predicted molar refractivity (Wildman–Crippen MR) is 253 cm³/mol. The van der Waals surface area contributed by atoms with Gasteiger partial charge in [-0.3, -0.25) is 0 Å². The van der Waals surface area contributed by atoms with Crippen molar-refractivity contribution in [3.05, 3.63) is 237 Å². The highest BCUT2D eigenvalue weighted by atomic mass is 15.1. The molecule has 0 radical (unpaired) electrons. The number of fused-ring (bicyclic) bond motifs is 6. The molecule has 59 heavy (non-hydrogen) atoms. The SMILES string of the molecule is c1ccc(-c2ccc(N(c3ccc(-c4cccc(-c5cccc6c5ccc5ccc7ccccc7c56)c4)cc3)c3ccc(-c4cccc5ccccc45)cc3)cc2)cc1. The minimum atomic E-state index is 1.10. The summed E-state index contributed by atoms with van der Waals surface area (Å²) in [5.74, 6) is 0. The fraction of sp³-hybridized carbons (Fsp3) is 0. The molecule has 0 aliphatic heterocycles. The maximum Gasteiger partial charge on any atom is 0.0462 e. The van der Waals surface area contributed by atoms with Gasteiger partial charge < -0.3 is 4.90 Å². The zero-order valence-electron chi connectivity index (χ0n) is 32.5. The van der Waals surface area contributed by atoms with Crippen molar-refractivity contribution < 1.29 is 0 Å². The van der Waals surface area contributed by atoms with Crippen LogP contribution in [0.3, 0.4) is 0 Å². The van der Waals surface area contributed by atoms with Gasteiger partial charge in [-0.2, -0.15) is 0 Å². The Bertz CT molecular complexity index is 3280. The molecule has 0 bridgehead atoms. The van der Waals surface area contributed by atoms with Crippen LogP contribution in [0.1, 0.15) is 0 Å². The Kier molecular flexibility index (Phi) is 8.56. The van der Waals surface area contributed by atoms with Gasteiger partial charge in [0.2, 0.25) is 0 Å². The molecule has 276 valence electrons. The van der Waals surface area contributed by atoms with Gasteiger partial charge in [-0.05, 0) is 130 Å². The molecule has 0 heterocycles. The van der Waals surface area contributed by atoms with Crippen molar-refractivity contribution in [1.82, 2.24) is 0 Å². The van der Waals surface area contributed by atoms with Gasteiger partial charge in [0.25, 0.3) is 0 Å². The Balaban J connectivity index is 0.962. The van der Waals surface area contributed by atoms with E-state index in [0.717, 1.165) is 17.1 Å². The van der Waals surface area contributed by atoms with Gasteiger partial charge in [0.15, 0.2) is 0 Å². The first-order valence-electron chi connectivity index (χ1n) is 20.3. The van der Waals surface area contributed by atoms with E-state index < -0.39 is 0 Å². The van der Waals surface area contributed by atoms with E-state index in [1.165, 1.54) is 87.6 Å². The molecule has 0 spiro atoms. The minimum Gasteiger partial charge on any atom is -0.311 e. The molecule has 0 aromatic heterocycles. The van der Waals surface area contributed by atoms with Gasteiger partial charge in [-0.1, -0.05) is 194 Å². The van der Waals surface area contributed by atoms with Crippen LogP contribution in [0.2, 0.25) is 0 Å². The molecule has 0 atom stereocenters. The third-order valence-electron chi connectivity index (χ3n) is 11.9. The van der Waals surface area contributed by atoms with Crippen LogP contribution in [0, 0.1) is 0 Å². The first-order chi connectivity index (χ1) is 29.2. The summed E-state index contributed by atoms with van der Waals surface area (Å²) < 4.78 is 0. The second kappa shape index (κ2) is 14.6. The molecule has 11 aromatic carbocycles. The lowest BCUT2D eigenvalue weighted by Crippen LogP contribution is -2.09. The molecule has 11 rings (SSSR count). The molecule has 0 fully saturated rings. The van der Waals surface area contributed by atoms with Crippen LogP contribution in [0.4, 0.5) is 17.1 Å². The zero-order valence-corrected chi connectivity index (χ0v) is 32.5. The molecule has 0 saturated carbocycles. The van der Waals surface area contributed by atoms with Crippen LogP contribution in [-0.2, 0) is 0 Å². The maximum atomic E-state index is 2.35. The topological polar surface area (TPSA) is 3.24 Å². The molecule has 11 aromatic rings. The molecule has 0 amide bonds. The molecule has 1 heteroatoms. The van der Waals surface area contributed by atoms with E-state index in [1.54, 1.807) is 0 Å². The largest absolute Gasteiger partial charge is 0.311 e. The summed E-state index contributed by atoms with van der Waals surface area (Å²) >= 11 is 0. The second-order valence-electron chi connectivity index (χ2n) is 15.3. The summed E-state index contributed by atoms with van der Waals surface area (Å²) in [7, 11) is 0. The van der Waals surface area contributed by atoms with Crippen LogP contribution in [0.25, 0.3) is 87.6 Å². The highest BCUT2D eigenvalue weighted by Crippen LogP contribution is 2.40. The zero-order chi connectivity index (χ0) is 39.1. The fourth-order valence-electron chi connectivity index (χ4n) is 8.93. The van der Waals surface area contributed by atoms with Gasteiger partial charge in [-0.15, -0.1) is 0 Å². The lowest BCUT2D eigenvalue weighted by molar-refractivity contribution is 1.28. The van der Waals surface area contributed by atoms with Crippen LogP contribution < -0.4 is 4.90 Å². The van der Waals surface area contributed by atoms with Crippen molar-refractivity contribution in [2.24, 2.45) is 0 Å². The summed E-state index contributed by atoms with van der Waals surface area (Å²) in [5, 5.41) is 10.2. The Labute approximate surface area is 344 Å². The molecule has 0 aliphatic carbocycles. The van der Waals surface area contributed by atoms with Crippen molar-refractivity contribution in [2.45, 2.75) is 0 Å². The smallest absolute Gasteiger partial charge is 0.0462 e. The van der Waals surface area contributed by atoms with Crippen LogP contribution >= 0.6 is 0 Å². The summed E-state index contributed by atoms with van der Waals surface area (Å²) in [6.45, 7) is 0. The third kappa shape index (κ3) is 6.30. The van der Waals surface area contributed by atoms with Gasteiger partial charge >= 0.3 is 0 Å². The number of hydrogen-bond donors (Lipinski definition) is 0. The number of rotatable bonds is 7. The molecular weight excluding hydrogens is 711 g/mol. The van der Waals surface area contributed by atoms with Crippen molar-refractivity contribution in [2.75, 3.05) is 4.90 Å². The molecule has 0 N–H and O–H groups in total. The summed E-state index contributed by atoms with van der Waals surface area (Å²) in [5.41, 5.74) is 13.0. The molecule has 0 unspecified atom stereocenters. The summed E-state index contributed by atoms with van der Waals surface area (Å²) in [4.78, 5) is 2.35. The predicted octanol–water partition coefficient (Wildman–Crippen LogP) is 16.4. The van der Waals surface area contributed by atoms with E-state index in [2.05, 4.69) is 241 Å². The normalized spacial score (nSPS) is 11.4. The van der Waals surface area contributed by atoms with Crippen molar-refractivity contribution >= 4 is 60.2 Å². The van der Waals surface area contributed by atoms with Crippen molar-refractivity contribution in [3.63, 3.8) is 0 Å². The lowest BCUT2D eigenvalue weighted by atomic mass is 9.91. The third-order valence-corrected chi connectivity index (χ3v) is 11.9. The van der Waals surface area contributed by atoms with Gasteiger partial charge in [0.05, 0.1) is 0 Å². The maximum absolute atomic E-state index is 2.35. The van der Waals surface area contributed by atoms with Crippen molar-refractivity contribution in [1.29, 1.82) is 0 Å². The Morgan fingerprint density at radius 3 is 1.37 bits per heavy atom. The van der Waals surface area contributed by atoms with E-state index in [9.17, 15) is 0 Å². The van der Waals surface area contributed by atoms with E-state index in [0.29, 0.717) is 0 Å². The monoisotopic (exact) mass is 749 g/mol. The Hall–Kier alpha value is -7.74. The first-order valence-corrected chi connectivity index (χ1v) is 20.3. The van der Waals surface area contributed by atoms with E-state index in [4.69, 9.17) is 0 Å². The average Bonchev–Trinajstić information content (AvgIpc) is 3.32. The number of benzene rings is 11. The second-order valence-corrected chi connectivity index (χ2v) is 15.3. The van der Waals surface area contributed by atoms with Gasteiger partial charge in [0.1, 0.15) is 0 Å². The fourth-order valence-corrected chi connectivity index (χ4v) is 8.93. The van der Waals surface area contributed by atoms with E-state index in [1.807, 2.05) is 0 Å². The summed E-state index contributed by atoms with van der Waals surface area (Å²) in [6.07, 6.45) is 0. The van der Waals surface area contributed by atoms with E-state index >= 15 is 0 Å². The standard InChI is InChI=1S/C58H39N/c1-2-11-40(12-3-1)41-25-32-49(33-26-41)59(51-36-29-45(30-37-51)53-20-9-15-43-13-4-6-18-52(43)53)50-34-27-42(28-35-50)47-16-8-17-48(39-47)54-21-10-22-57-56(54)38-31-46-24-23-44-14-5-7-19-55(44)58(46)57/h1-39H. The highest BCUT2D eigenvalue weighted by molar-refractivity contribution is 6.22. The minimum absolute atomic E-state index is 1.10. The quantitative estimate of drug-likeness (QED) is 0.147. The molecule has 0 aliphatic rings. The Morgan fingerprint density at radius 2 is 0.661 bits per heavy atom. The van der Waals surface area contributed by atoms with Crippen LogP contribution in [0.15, 0.2) is 237 Å². The van der Waals surface area contributed by atoms with Crippen LogP contribution in [0.5, 0.6) is 0 Å². The van der Waals surface area contributed by atoms with Gasteiger partial charge in [-0.25, -0.2) is 0 Å². The van der Waals surface area contributed by atoms with Gasteiger partial charge in [0, 0.05) is 17.1 Å². The average molecular weight is 750 g/mol. The number of nitrogens with zero attached hydrogens (tertiary/aromatic N) is 1. The molecular formula is C58H39N. The first kappa shape index (κ1) is 34.5. The molecule has 0 saturated heterocycles. The number of hydrogen-bond acceptors (Lipinski definition) is 1. The summed E-state index contributed by atoms with van der Waals surface area (Å²) in [6, 6.07) is 86.1. The Morgan fingerprint density at radius 1 is 0.220 bits per heavy atom. The van der Waals surface area contributed by atoms with E-state index in [-0.39, 0.29) is 0 Å². The lowest BCUT2D eigenvalue weighted by Gasteiger charge is -2.26. The van der Waals surface area contributed by atoms with Crippen LogP contribution in [-0.4, -0.2) is 0 Å². The van der Waals surface area contributed by atoms with Crippen molar-refractivity contribution in [3.8, 4) is 44.5 Å². The number of anilines is 3. The highest BCUT2D eigenvalue weighted by Gasteiger charge is 2.15.